The number of nitrogens with zero attached hydrogens (tertiary/aromatic N) is 1. The maximum Gasteiger partial charge on any atom is 0.145 e. The van der Waals surface area contributed by atoms with Crippen molar-refractivity contribution in [3.05, 3.63) is 18.2 Å². The molecule has 2 aliphatic heterocycles. The van der Waals surface area contributed by atoms with E-state index in [2.05, 4.69) is 16.3 Å². The van der Waals surface area contributed by atoms with Gasteiger partial charge in [0.2, 0.25) is 0 Å². The number of hydrogen-bond donors (Lipinski definition) is 1. The van der Waals surface area contributed by atoms with Gasteiger partial charge in [0.15, 0.2) is 0 Å². The third-order valence-corrected chi connectivity index (χ3v) is 4.34. The number of methoxy groups -OCH3 is 2. The van der Waals surface area contributed by atoms with E-state index in [9.17, 15) is 0 Å². The smallest absolute Gasteiger partial charge is 0.145 e. The van der Waals surface area contributed by atoms with Crippen LogP contribution in [0.3, 0.4) is 0 Å². The van der Waals surface area contributed by atoms with E-state index in [-0.39, 0.29) is 0 Å². The Kier molecular flexibility index (Phi) is 3.27. The summed E-state index contributed by atoms with van der Waals surface area (Å²) in [6.45, 7) is 4.58. The first-order chi connectivity index (χ1) is 9.26. The summed E-state index contributed by atoms with van der Waals surface area (Å²) in [6, 6.07) is 6.06. The van der Waals surface area contributed by atoms with Gasteiger partial charge in [-0.3, -0.25) is 0 Å². The molecule has 0 saturated carbocycles. The molecule has 3 rings (SSSR count). The first-order valence-electron chi connectivity index (χ1n) is 6.94. The van der Waals surface area contributed by atoms with Crippen molar-refractivity contribution in [3.8, 4) is 11.5 Å². The highest BCUT2D eigenvalue weighted by Gasteiger charge is 2.44. The highest BCUT2D eigenvalue weighted by molar-refractivity contribution is 5.63. The monoisotopic (exact) mass is 262 g/mol. The highest BCUT2D eigenvalue weighted by Crippen LogP contribution is 2.43. The number of benzene rings is 1. The molecule has 2 aliphatic rings. The van der Waals surface area contributed by atoms with Crippen molar-refractivity contribution in [1.82, 2.24) is 5.32 Å². The van der Waals surface area contributed by atoms with Crippen LogP contribution in [0.5, 0.6) is 11.5 Å². The molecule has 4 heteroatoms. The Balaban J connectivity index is 1.74. The van der Waals surface area contributed by atoms with Gasteiger partial charge in [0.25, 0.3) is 0 Å². The lowest BCUT2D eigenvalue weighted by atomic mass is 9.74. The molecule has 1 N–H and O–H groups in total. The van der Waals surface area contributed by atoms with E-state index in [0.29, 0.717) is 5.41 Å². The molecule has 1 aromatic rings. The molecule has 104 valence electrons. The van der Waals surface area contributed by atoms with Gasteiger partial charge >= 0.3 is 0 Å². The molecule has 2 fully saturated rings. The molecule has 1 spiro atoms. The maximum absolute atomic E-state index is 5.48. The molecule has 2 saturated heterocycles. The summed E-state index contributed by atoms with van der Waals surface area (Å²) < 4.78 is 10.7. The van der Waals surface area contributed by atoms with Crippen molar-refractivity contribution in [3.63, 3.8) is 0 Å². The number of nitrogens with one attached hydrogen (secondary N) is 1. The van der Waals surface area contributed by atoms with Crippen LogP contribution in [0, 0.1) is 5.41 Å². The number of ether oxygens (including phenoxy) is 2. The van der Waals surface area contributed by atoms with Gasteiger partial charge in [-0.2, -0.15) is 0 Å². The van der Waals surface area contributed by atoms with Crippen LogP contribution in [0.4, 0.5) is 5.69 Å². The minimum absolute atomic E-state index is 0.489. The lowest BCUT2D eigenvalue weighted by Gasteiger charge is -2.53. The van der Waals surface area contributed by atoms with Crippen LogP contribution in [0.25, 0.3) is 0 Å². The van der Waals surface area contributed by atoms with Gasteiger partial charge in [-0.1, -0.05) is 0 Å². The van der Waals surface area contributed by atoms with Crippen LogP contribution in [0.2, 0.25) is 0 Å². The Hall–Kier alpha value is -1.42. The van der Waals surface area contributed by atoms with Crippen molar-refractivity contribution in [2.24, 2.45) is 5.41 Å². The molecular formula is C15H22N2O2. The predicted molar refractivity (Wildman–Crippen MR) is 76.3 cm³/mol. The van der Waals surface area contributed by atoms with Crippen LogP contribution in [-0.2, 0) is 0 Å². The van der Waals surface area contributed by atoms with Gasteiger partial charge in [0.1, 0.15) is 11.5 Å². The summed E-state index contributed by atoms with van der Waals surface area (Å²) in [6.07, 6.45) is 2.64. The van der Waals surface area contributed by atoms with Crippen molar-refractivity contribution in [2.45, 2.75) is 12.8 Å². The minimum atomic E-state index is 0.489. The van der Waals surface area contributed by atoms with Gasteiger partial charge in [-0.15, -0.1) is 0 Å². The average Bonchev–Trinajstić information content (AvgIpc) is 2.45. The van der Waals surface area contributed by atoms with Crippen molar-refractivity contribution < 1.29 is 9.47 Å². The zero-order valence-electron chi connectivity index (χ0n) is 11.7. The number of rotatable bonds is 3. The van der Waals surface area contributed by atoms with E-state index in [1.54, 1.807) is 14.2 Å². The molecule has 0 amide bonds. The SMILES string of the molecule is COc1ccc(N2CC3(CCCNC3)C2)c(OC)c1. The van der Waals surface area contributed by atoms with Gasteiger partial charge in [0.05, 0.1) is 19.9 Å². The maximum atomic E-state index is 5.48. The molecule has 4 nitrogen and oxygen atoms in total. The van der Waals surface area contributed by atoms with Gasteiger partial charge in [0, 0.05) is 31.1 Å². The minimum Gasteiger partial charge on any atom is -0.497 e. The molecular weight excluding hydrogens is 240 g/mol. The Morgan fingerprint density at radius 1 is 1.21 bits per heavy atom. The lowest BCUT2D eigenvalue weighted by Crippen LogP contribution is -2.62. The Morgan fingerprint density at radius 3 is 2.68 bits per heavy atom. The van der Waals surface area contributed by atoms with Crippen molar-refractivity contribution in [2.75, 3.05) is 45.3 Å². The first kappa shape index (κ1) is 12.6. The lowest BCUT2D eigenvalue weighted by molar-refractivity contribution is 0.156. The predicted octanol–water partition coefficient (Wildman–Crippen LogP) is 1.89. The first-order valence-corrected chi connectivity index (χ1v) is 6.94. The third-order valence-electron chi connectivity index (χ3n) is 4.34. The van der Waals surface area contributed by atoms with E-state index < -0.39 is 0 Å². The highest BCUT2D eigenvalue weighted by atomic mass is 16.5. The van der Waals surface area contributed by atoms with E-state index in [4.69, 9.17) is 9.47 Å². The summed E-state index contributed by atoms with van der Waals surface area (Å²) in [4.78, 5) is 2.41. The number of piperidine rings is 1. The molecule has 0 unspecified atom stereocenters. The molecule has 0 aliphatic carbocycles. The zero-order valence-corrected chi connectivity index (χ0v) is 11.7. The fourth-order valence-electron chi connectivity index (χ4n) is 3.28. The summed E-state index contributed by atoms with van der Waals surface area (Å²) in [5.74, 6) is 1.74. The Bertz CT molecular complexity index is 447. The van der Waals surface area contributed by atoms with Crippen LogP contribution in [0.15, 0.2) is 18.2 Å². The zero-order chi connectivity index (χ0) is 13.3. The van der Waals surface area contributed by atoms with Crippen LogP contribution in [0.1, 0.15) is 12.8 Å². The van der Waals surface area contributed by atoms with E-state index in [1.165, 1.54) is 25.1 Å². The molecule has 1 aromatic carbocycles. The van der Waals surface area contributed by atoms with E-state index >= 15 is 0 Å². The van der Waals surface area contributed by atoms with Gasteiger partial charge < -0.3 is 19.7 Å². The fraction of sp³-hybridized carbons (Fsp3) is 0.600. The second-order valence-corrected chi connectivity index (χ2v) is 5.67. The topological polar surface area (TPSA) is 33.7 Å². The molecule has 0 aromatic heterocycles. The normalized spacial score (nSPS) is 21.1. The molecule has 0 atom stereocenters. The van der Waals surface area contributed by atoms with Crippen LogP contribution < -0.4 is 19.7 Å². The quantitative estimate of drug-likeness (QED) is 0.902. The second-order valence-electron chi connectivity index (χ2n) is 5.67. The van der Waals surface area contributed by atoms with Crippen LogP contribution in [-0.4, -0.2) is 40.4 Å². The molecule has 19 heavy (non-hydrogen) atoms. The second kappa shape index (κ2) is 4.93. The van der Waals surface area contributed by atoms with Crippen molar-refractivity contribution in [1.29, 1.82) is 0 Å². The van der Waals surface area contributed by atoms with Crippen molar-refractivity contribution >= 4 is 5.69 Å². The fourth-order valence-corrected chi connectivity index (χ4v) is 3.28. The summed E-state index contributed by atoms with van der Waals surface area (Å²) in [5.41, 5.74) is 1.67. The molecule has 0 bridgehead atoms. The number of hydrogen-bond acceptors (Lipinski definition) is 4. The standard InChI is InChI=1S/C15H22N2O2/c1-18-12-4-5-13(14(8-12)19-2)17-10-15(11-17)6-3-7-16-9-15/h4-5,8,16H,3,6-7,9-11H2,1-2H3. The largest absolute Gasteiger partial charge is 0.497 e. The average molecular weight is 262 g/mol. The third kappa shape index (κ3) is 2.25. The Labute approximate surface area is 114 Å². The molecule has 2 heterocycles. The van der Waals surface area contributed by atoms with E-state index in [0.717, 1.165) is 31.1 Å². The Morgan fingerprint density at radius 2 is 2.05 bits per heavy atom. The summed E-state index contributed by atoms with van der Waals surface area (Å²) >= 11 is 0. The number of anilines is 1. The molecule has 0 radical (unpaired) electrons. The van der Waals surface area contributed by atoms with Crippen LogP contribution >= 0.6 is 0 Å². The van der Waals surface area contributed by atoms with E-state index in [1.807, 2.05) is 12.1 Å². The summed E-state index contributed by atoms with van der Waals surface area (Å²) in [7, 11) is 3.40. The summed E-state index contributed by atoms with van der Waals surface area (Å²) in [5, 5.41) is 3.52. The van der Waals surface area contributed by atoms with Gasteiger partial charge in [-0.25, -0.2) is 0 Å². The van der Waals surface area contributed by atoms with Gasteiger partial charge in [-0.05, 0) is 31.5 Å².